The van der Waals surface area contributed by atoms with Crippen molar-refractivity contribution in [3.63, 3.8) is 0 Å². The Morgan fingerprint density at radius 2 is 2.17 bits per heavy atom. The number of amides is 1. The predicted molar refractivity (Wildman–Crippen MR) is 117 cm³/mol. The Bertz CT molecular complexity index is 1090. The molecular formula is C22H25FN6O. The Labute approximate surface area is 174 Å². The molecule has 1 saturated heterocycles. The highest BCUT2D eigenvalue weighted by molar-refractivity contribution is 6.09. The topological polar surface area (TPSA) is 110 Å². The van der Waals surface area contributed by atoms with Crippen molar-refractivity contribution in [2.75, 3.05) is 29.0 Å². The van der Waals surface area contributed by atoms with Crippen LogP contribution in [0.3, 0.4) is 0 Å². The molecule has 2 unspecified atom stereocenters. The number of benzene rings is 1. The summed E-state index contributed by atoms with van der Waals surface area (Å²) in [6, 6.07) is 8.72. The predicted octanol–water partition coefficient (Wildman–Crippen LogP) is 3.42. The average Bonchev–Trinajstić information content (AvgIpc) is 2.73. The summed E-state index contributed by atoms with van der Waals surface area (Å²) in [5, 5.41) is 3.63. The molecule has 2 atom stereocenters. The van der Waals surface area contributed by atoms with Gasteiger partial charge in [0.25, 0.3) is 5.91 Å². The van der Waals surface area contributed by atoms with Crippen LogP contribution in [0, 0.1) is 0 Å². The first-order chi connectivity index (χ1) is 14.4. The van der Waals surface area contributed by atoms with Gasteiger partial charge in [-0.3, -0.25) is 9.78 Å². The fraction of sp³-hybridized carbons (Fsp3) is 0.318. The van der Waals surface area contributed by atoms with Crippen LogP contribution in [0.2, 0.25) is 0 Å². The molecule has 3 heterocycles. The molecule has 7 nitrogen and oxygen atoms in total. The number of nitrogen functional groups attached to an aromatic ring is 1. The summed E-state index contributed by atoms with van der Waals surface area (Å²) in [5.41, 5.74) is 15.0. The van der Waals surface area contributed by atoms with Gasteiger partial charge in [-0.25, -0.2) is 9.37 Å². The van der Waals surface area contributed by atoms with Gasteiger partial charge < -0.3 is 21.7 Å². The maximum Gasteiger partial charge on any atom is 0.276 e. The number of nitrogens with two attached hydrogens (primary N) is 2. The van der Waals surface area contributed by atoms with E-state index in [9.17, 15) is 9.18 Å². The number of anilines is 3. The van der Waals surface area contributed by atoms with Crippen LogP contribution in [0.4, 0.5) is 21.5 Å². The molecule has 30 heavy (non-hydrogen) atoms. The lowest BCUT2D eigenvalue weighted by Crippen LogP contribution is -2.43. The smallest absolute Gasteiger partial charge is 0.276 e. The SMILES string of the molecule is CC(F)c1ccc2cc(N)c(C(=O)Nc3cnccc3N3CCCC(N)C3)nc2c1. The van der Waals surface area contributed by atoms with Crippen LogP contribution in [0.1, 0.15) is 42.0 Å². The zero-order valence-corrected chi connectivity index (χ0v) is 16.8. The summed E-state index contributed by atoms with van der Waals surface area (Å²) < 4.78 is 13.7. The number of pyridine rings is 2. The second kappa shape index (κ2) is 8.23. The molecule has 156 valence electrons. The number of aromatic nitrogens is 2. The van der Waals surface area contributed by atoms with Crippen LogP contribution in [-0.4, -0.2) is 35.0 Å². The van der Waals surface area contributed by atoms with E-state index in [2.05, 4.69) is 20.2 Å². The Kier molecular flexibility index (Phi) is 5.50. The fourth-order valence-corrected chi connectivity index (χ4v) is 3.80. The molecule has 1 aliphatic rings. The third-order valence-electron chi connectivity index (χ3n) is 5.39. The molecule has 1 amide bonds. The Balaban J connectivity index is 1.64. The number of nitrogens with zero attached hydrogens (tertiary/aromatic N) is 3. The average molecular weight is 408 g/mol. The summed E-state index contributed by atoms with van der Waals surface area (Å²) in [5.74, 6) is -0.441. The van der Waals surface area contributed by atoms with Gasteiger partial charge in [-0.2, -0.15) is 0 Å². The standard InChI is InChI=1S/C22H25FN6O/c1-13(23)14-4-5-15-9-17(25)21(27-18(15)10-14)22(30)28-19-11-26-7-6-20(19)29-8-2-3-16(24)12-29/h4-7,9-11,13,16H,2-3,8,12,24-25H2,1H3,(H,28,30). The minimum Gasteiger partial charge on any atom is -0.397 e. The van der Waals surface area contributed by atoms with E-state index in [0.717, 1.165) is 30.5 Å². The molecule has 0 aliphatic carbocycles. The largest absolute Gasteiger partial charge is 0.397 e. The van der Waals surface area contributed by atoms with Crippen molar-refractivity contribution in [3.05, 3.63) is 54.0 Å². The minimum absolute atomic E-state index is 0.0938. The number of rotatable bonds is 4. The van der Waals surface area contributed by atoms with Gasteiger partial charge in [0, 0.05) is 30.7 Å². The molecule has 0 bridgehead atoms. The number of carbonyl (C=O) groups excluding carboxylic acids is 1. The summed E-state index contributed by atoms with van der Waals surface area (Å²) in [6.07, 6.45) is 4.15. The number of alkyl halides is 1. The van der Waals surface area contributed by atoms with E-state index >= 15 is 0 Å². The van der Waals surface area contributed by atoms with Crippen LogP contribution in [0.25, 0.3) is 10.9 Å². The van der Waals surface area contributed by atoms with Crippen LogP contribution in [0.15, 0.2) is 42.7 Å². The van der Waals surface area contributed by atoms with Crippen LogP contribution in [0.5, 0.6) is 0 Å². The number of hydrogen-bond donors (Lipinski definition) is 3. The van der Waals surface area contributed by atoms with Gasteiger partial charge in [-0.05, 0) is 43.5 Å². The van der Waals surface area contributed by atoms with Gasteiger partial charge in [0.2, 0.25) is 0 Å². The third-order valence-corrected chi connectivity index (χ3v) is 5.39. The maximum atomic E-state index is 13.7. The first kappa shape index (κ1) is 20.0. The van der Waals surface area contributed by atoms with Gasteiger partial charge in [-0.15, -0.1) is 0 Å². The molecule has 5 N–H and O–H groups in total. The molecule has 4 rings (SSSR count). The van der Waals surface area contributed by atoms with Crippen LogP contribution < -0.4 is 21.7 Å². The van der Waals surface area contributed by atoms with Crippen LogP contribution in [-0.2, 0) is 0 Å². The van der Waals surface area contributed by atoms with E-state index in [1.54, 1.807) is 36.7 Å². The molecule has 0 spiro atoms. The number of piperidine rings is 1. The van der Waals surface area contributed by atoms with E-state index < -0.39 is 12.1 Å². The van der Waals surface area contributed by atoms with E-state index in [-0.39, 0.29) is 17.4 Å². The lowest BCUT2D eigenvalue weighted by atomic mass is 10.1. The molecule has 1 aliphatic heterocycles. The number of nitrogens with one attached hydrogen (secondary N) is 1. The van der Waals surface area contributed by atoms with Gasteiger partial charge in [-0.1, -0.05) is 12.1 Å². The summed E-state index contributed by atoms with van der Waals surface area (Å²) in [6.45, 7) is 3.04. The first-order valence-corrected chi connectivity index (χ1v) is 10.0. The van der Waals surface area contributed by atoms with Gasteiger partial charge in [0.1, 0.15) is 6.17 Å². The normalized spacial score (nSPS) is 17.7. The van der Waals surface area contributed by atoms with E-state index in [1.807, 2.05) is 6.07 Å². The van der Waals surface area contributed by atoms with Crippen molar-refractivity contribution >= 4 is 33.9 Å². The van der Waals surface area contributed by atoms with Crippen molar-refractivity contribution in [2.45, 2.75) is 32.0 Å². The number of halogens is 1. The van der Waals surface area contributed by atoms with Crippen molar-refractivity contribution < 1.29 is 9.18 Å². The lowest BCUT2D eigenvalue weighted by molar-refractivity contribution is 0.102. The molecule has 2 aromatic heterocycles. The number of hydrogen-bond acceptors (Lipinski definition) is 6. The molecular weight excluding hydrogens is 383 g/mol. The first-order valence-electron chi connectivity index (χ1n) is 10.0. The van der Waals surface area contributed by atoms with Crippen molar-refractivity contribution in [1.29, 1.82) is 0 Å². The molecule has 1 aromatic carbocycles. The Morgan fingerprint density at radius 1 is 1.33 bits per heavy atom. The molecule has 0 saturated carbocycles. The van der Waals surface area contributed by atoms with Gasteiger partial charge in [0.05, 0.1) is 28.8 Å². The summed E-state index contributed by atoms with van der Waals surface area (Å²) in [4.78, 5) is 23.7. The lowest BCUT2D eigenvalue weighted by Gasteiger charge is -2.33. The molecule has 3 aromatic rings. The zero-order valence-electron chi connectivity index (χ0n) is 16.8. The van der Waals surface area contributed by atoms with Crippen LogP contribution >= 0.6 is 0 Å². The van der Waals surface area contributed by atoms with Crippen molar-refractivity contribution in [3.8, 4) is 0 Å². The van der Waals surface area contributed by atoms with Gasteiger partial charge in [0.15, 0.2) is 5.69 Å². The number of fused-ring (bicyclic) bond motifs is 1. The second-order valence-electron chi connectivity index (χ2n) is 7.69. The second-order valence-corrected chi connectivity index (χ2v) is 7.69. The molecule has 0 radical (unpaired) electrons. The Hall–Kier alpha value is -3.26. The summed E-state index contributed by atoms with van der Waals surface area (Å²) in [7, 11) is 0. The fourth-order valence-electron chi connectivity index (χ4n) is 3.80. The third kappa shape index (κ3) is 4.04. The highest BCUT2D eigenvalue weighted by Crippen LogP contribution is 2.29. The quantitative estimate of drug-likeness (QED) is 0.610. The zero-order chi connectivity index (χ0) is 21.3. The number of carbonyl (C=O) groups is 1. The maximum absolute atomic E-state index is 13.7. The van der Waals surface area contributed by atoms with Crippen molar-refractivity contribution in [1.82, 2.24) is 9.97 Å². The monoisotopic (exact) mass is 408 g/mol. The molecule has 8 heteroatoms. The highest BCUT2D eigenvalue weighted by Gasteiger charge is 2.21. The summed E-state index contributed by atoms with van der Waals surface area (Å²) >= 11 is 0. The van der Waals surface area contributed by atoms with Crippen molar-refractivity contribution in [2.24, 2.45) is 5.73 Å². The molecule has 1 fully saturated rings. The Morgan fingerprint density at radius 3 is 2.93 bits per heavy atom. The van der Waals surface area contributed by atoms with E-state index in [0.29, 0.717) is 23.3 Å². The highest BCUT2D eigenvalue weighted by atomic mass is 19.1. The van der Waals surface area contributed by atoms with E-state index in [4.69, 9.17) is 11.5 Å². The van der Waals surface area contributed by atoms with Gasteiger partial charge >= 0.3 is 0 Å². The van der Waals surface area contributed by atoms with E-state index in [1.165, 1.54) is 6.92 Å². The minimum atomic E-state index is -1.13.